The zero-order valence-corrected chi connectivity index (χ0v) is 12.2. The molecular weight excluding hydrogens is 268 g/mol. The third-order valence-corrected chi connectivity index (χ3v) is 3.32. The Labute approximate surface area is 124 Å². The third kappa shape index (κ3) is 4.24. The molecule has 5 heteroatoms. The predicted octanol–water partition coefficient (Wildman–Crippen LogP) is 2.20. The molecule has 0 saturated heterocycles. The van der Waals surface area contributed by atoms with Gasteiger partial charge in [0.2, 0.25) is 0 Å². The van der Waals surface area contributed by atoms with Gasteiger partial charge >= 0.3 is 0 Å². The van der Waals surface area contributed by atoms with E-state index in [0.717, 1.165) is 23.7 Å². The minimum atomic E-state index is -0.0770. The van der Waals surface area contributed by atoms with Crippen LogP contribution >= 0.6 is 0 Å². The van der Waals surface area contributed by atoms with E-state index in [1.807, 2.05) is 30.3 Å². The first-order valence-corrected chi connectivity index (χ1v) is 7.15. The lowest BCUT2D eigenvalue weighted by Crippen LogP contribution is -2.25. The molecule has 0 aliphatic rings. The van der Waals surface area contributed by atoms with Crippen molar-refractivity contribution in [1.82, 2.24) is 0 Å². The molecule has 0 fully saturated rings. The van der Waals surface area contributed by atoms with Crippen LogP contribution in [0, 0.1) is 0 Å². The van der Waals surface area contributed by atoms with Gasteiger partial charge in [0.25, 0.3) is 0 Å². The van der Waals surface area contributed by atoms with E-state index in [-0.39, 0.29) is 13.2 Å². The highest BCUT2D eigenvalue weighted by Gasteiger charge is 2.04. The van der Waals surface area contributed by atoms with Gasteiger partial charge in [0.05, 0.1) is 13.2 Å². The van der Waals surface area contributed by atoms with E-state index < -0.39 is 0 Å². The molecular formula is C16H22N2O3. The van der Waals surface area contributed by atoms with Crippen molar-refractivity contribution in [3.05, 3.63) is 47.9 Å². The summed E-state index contributed by atoms with van der Waals surface area (Å²) < 4.78 is 5.42. The number of furan rings is 1. The average molecular weight is 290 g/mol. The Balaban J connectivity index is 1.92. The lowest BCUT2D eigenvalue weighted by atomic mass is 10.2. The van der Waals surface area contributed by atoms with Gasteiger partial charge in [-0.15, -0.1) is 0 Å². The van der Waals surface area contributed by atoms with E-state index in [0.29, 0.717) is 18.8 Å². The standard InChI is InChI=1S/C16H22N2O3/c1-2-18(9-10-19)14-5-3-13(4-6-14)17-11-15-7-8-16(12-20)21-15/h3-8,17,19-20H,2,9-12H2,1H3. The van der Waals surface area contributed by atoms with Crippen LogP contribution in [0.2, 0.25) is 0 Å². The molecule has 0 aliphatic heterocycles. The Morgan fingerprint density at radius 1 is 1.05 bits per heavy atom. The number of likely N-dealkylation sites (N-methyl/N-ethyl adjacent to an activating group) is 1. The summed E-state index contributed by atoms with van der Waals surface area (Å²) in [5, 5.41) is 21.3. The smallest absolute Gasteiger partial charge is 0.129 e. The molecule has 21 heavy (non-hydrogen) atoms. The maximum atomic E-state index is 9.03. The number of anilines is 2. The van der Waals surface area contributed by atoms with Crippen LogP contribution in [0.25, 0.3) is 0 Å². The quantitative estimate of drug-likeness (QED) is 0.695. The van der Waals surface area contributed by atoms with E-state index in [9.17, 15) is 0 Å². The van der Waals surface area contributed by atoms with Crippen LogP contribution in [-0.2, 0) is 13.2 Å². The Bertz CT molecular complexity index is 537. The molecule has 0 saturated carbocycles. The highest BCUT2D eigenvalue weighted by molar-refractivity contribution is 5.55. The first-order valence-electron chi connectivity index (χ1n) is 7.15. The number of hydrogen-bond donors (Lipinski definition) is 3. The van der Waals surface area contributed by atoms with Crippen LogP contribution in [0.1, 0.15) is 18.4 Å². The number of hydrogen-bond acceptors (Lipinski definition) is 5. The molecule has 114 valence electrons. The molecule has 0 bridgehead atoms. The van der Waals surface area contributed by atoms with Crippen LogP contribution in [0.5, 0.6) is 0 Å². The molecule has 1 heterocycles. The zero-order chi connectivity index (χ0) is 15.1. The van der Waals surface area contributed by atoms with Crippen LogP contribution in [0.15, 0.2) is 40.8 Å². The Morgan fingerprint density at radius 3 is 2.33 bits per heavy atom. The minimum absolute atomic E-state index is 0.0770. The van der Waals surface area contributed by atoms with Gasteiger partial charge in [0, 0.05) is 24.5 Å². The highest BCUT2D eigenvalue weighted by atomic mass is 16.4. The van der Waals surface area contributed by atoms with Crippen molar-refractivity contribution in [2.24, 2.45) is 0 Å². The number of nitrogens with one attached hydrogen (secondary N) is 1. The van der Waals surface area contributed by atoms with Gasteiger partial charge in [-0.05, 0) is 43.3 Å². The van der Waals surface area contributed by atoms with E-state index in [1.165, 1.54) is 0 Å². The number of aliphatic hydroxyl groups is 2. The summed E-state index contributed by atoms with van der Waals surface area (Å²) in [6.45, 7) is 4.22. The average Bonchev–Trinajstić information content (AvgIpc) is 2.99. The maximum absolute atomic E-state index is 9.03. The van der Waals surface area contributed by atoms with Crippen molar-refractivity contribution in [1.29, 1.82) is 0 Å². The number of aliphatic hydroxyl groups excluding tert-OH is 2. The second-order valence-corrected chi connectivity index (χ2v) is 4.73. The highest BCUT2D eigenvalue weighted by Crippen LogP contribution is 2.18. The van der Waals surface area contributed by atoms with E-state index >= 15 is 0 Å². The molecule has 3 N–H and O–H groups in total. The Hall–Kier alpha value is -1.98. The summed E-state index contributed by atoms with van der Waals surface area (Å²) in [5.41, 5.74) is 2.10. The summed E-state index contributed by atoms with van der Waals surface area (Å²) >= 11 is 0. The zero-order valence-electron chi connectivity index (χ0n) is 12.2. The van der Waals surface area contributed by atoms with Gasteiger partial charge in [-0.1, -0.05) is 0 Å². The van der Waals surface area contributed by atoms with Gasteiger partial charge in [-0.3, -0.25) is 0 Å². The van der Waals surface area contributed by atoms with Gasteiger partial charge < -0.3 is 24.8 Å². The first kappa shape index (κ1) is 15.4. The van der Waals surface area contributed by atoms with Gasteiger partial charge in [-0.25, -0.2) is 0 Å². The van der Waals surface area contributed by atoms with Crippen molar-refractivity contribution >= 4 is 11.4 Å². The fraction of sp³-hybridized carbons (Fsp3) is 0.375. The number of nitrogens with zero attached hydrogens (tertiary/aromatic N) is 1. The maximum Gasteiger partial charge on any atom is 0.129 e. The number of benzene rings is 1. The third-order valence-electron chi connectivity index (χ3n) is 3.32. The Kier molecular flexibility index (Phi) is 5.66. The second kappa shape index (κ2) is 7.71. The first-order chi connectivity index (χ1) is 10.3. The normalized spacial score (nSPS) is 10.6. The van der Waals surface area contributed by atoms with Crippen LogP contribution in [0.3, 0.4) is 0 Å². The van der Waals surface area contributed by atoms with Crippen molar-refractivity contribution in [2.75, 3.05) is 29.9 Å². The topological polar surface area (TPSA) is 68.9 Å². The minimum Gasteiger partial charge on any atom is -0.462 e. The van der Waals surface area contributed by atoms with E-state index in [4.69, 9.17) is 14.6 Å². The van der Waals surface area contributed by atoms with Crippen molar-refractivity contribution in [3.63, 3.8) is 0 Å². The van der Waals surface area contributed by atoms with E-state index in [2.05, 4.69) is 17.1 Å². The van der Waals surface area contributed by atoms with Gasteiger partial charge in [0.1, 0.15) is 18.1 Å². The summed E-state index contributed by atoms with van der Waals surface area (Å²) in [7, 11) is 0. The van der Waals surface area contributed by atoms with Crippen LogP contribution < -0.4 is 10.2 Å². The summed E-state index contributed by atoms with van der Waals surface area (Å²) in [6, 6.07) is 11.7. The second-order valence-electron chi connectivity index (χ2n) is 4.73. The van der Waals surface area contributed by atoms with Crippen molar-refractivity contribution in [2.45, 2.75) is 20.1 Å². The molecule has 2 rings (SSSR count). The SMILES string of the molecule is CCN(CCO)c1ccc(NCc2ccc(CO)o2)cc1. The molecule has 1 aromatic carbocycles. The van der Waals surface area contributed by atoms with Gasteiger partial charge in [-0.2, -0.15) is 0 Å². The molecule has 1 aromatic heterocycles. The fourth-order valence-corrected chi connectivity index (χ4v) is 2.17. The van der Waals surface area contributed by atoms with E-state index in [1.54, 1.807) is 6.07 Å². The molecule has 0 amide bonds. The fourth-order valence-electron chi connectivity index (χ4n) is 2.17. The van der Waals surface area contributed by atoms with Crippen molar-refractivity contribution < 1.29 is 14.6 Å². The Morgan fingerprint density at radius 2 is 1.76 bits per heavy atom. The molecule has 0 aliphatic carbocycles. The molecule has 0 unspecified atom stereocenters. The predicted molar refractivity (Wildman–Crippen MR) is 83.4 cm³/mol. The lowest BCUT2D eigenvalue weighted by Gasteiger charge is -2.22. The number of rotatable bonds is 8. The monoisotopic (exact) mass is 290 g/mol. The van der Waals surface area contributed by atoms with Crippen LogP contribution in [-0.4, -0.2) is 29.9 Å². The molecule has 5 nitrogen and oxygen atoms in total. The molecule has 0 spiro atoms. The summed E-state index contributed by atoms with van der Waals surface area (Å²) in [5.74, 6) is 1.36. The van der Waals surface area contributed by atoms with Crippen molar-refractivity contribution in [3.8, 4) is 0 Å². The van der Waals surface area contributed by atoms with Crippen LogP contribution in [0.4, 0.5) is 11.4 Å². The van der Waals surface area contributed by atoms with Gasteiger partial charge in [0.15, 0.2) is 0 Å². The molecule has 0 atom stereocenters. The molecule has 2 aromatic rings. The summed E-state index contributed by atoms with van der Waals surface area (Å²) in [4.78, 5) is 2.11. The largest absolute Gasteiger partial charge is 0.462 e. The molecule has 0 radical (unpaired) electrons. The lowest BCUT2D eigenvalue weighted by molar-refractivity contribution is 0.244. The summed E-state index contributed by atoms with van der Waals surface area (Å²) in [6.07, 6.45) is 0.